The quantitative estimate of drug-likeness (QED) is 0.885. The second kappa shape index (κ2) is 5.53. The fraction of sp³-hybridized carbons (Fsp3) is 0.533. The lowest BCUT2D eigenvalue weighted by Crippen LogP contribution is -2.36. The minimum absolute atomic E-state index is 0.0185. The number of amides is 1. The van der Waals surface area contributed by atoms with E-state index in [1.54, 1.807) is 0 Å². The van der Waals surface area contributed by atoms with Gasteiger partial charge in [0.2, 0.25) is 5.91 Å². The highest BCUT2D eigenvalue weighted by atomic mass is 16.2. The fourth-order valence-electron chi connectivity index (χ4n) is 2.56. The van der Waals surface area contributed by atoms with E-state index in [0.717, 1.165) is 25.1 Å². The second-order valence-electron chi connectivity index (χ2n) is 4.99. The molecule has 0 saturated carbocycles. The summed E-state index contributed by atoms with van der Waals surface area (Å²) in [5, 5.41) is 3.08. The van der Waals surface area contributed by atoms with Gasteiger partial charge in [-0.25, -0.2) is 0 Å². The smallest absolute Gasteiger partial charge is 0.244 e. The van der Waals surface area contributed by atoms with Crippen molar-refractivity contribution in [2.45, 2.75) is 38.6 Å². The van der Waals surface area contributed by atoms with Gasteiger partial charge in [-0.2, -0.15) is 0 Å². The Kier molecular flexibility index (Phi) is 4.02. The summed E-state index contributed by atoms with van der Waals surface area (Å²) in [5.41, 5.74) is 2.37. The summed E-state index contributed by atoms with van der Waals surface area (Å²) < 4.78 is 0. The summed E-state index contributed by atoms with van der Waals surface area (Å²) in [4.78, 5) is 14.2. The van der Waals surface area contributed by atoms with E-state index in [-0.39, 0.29) is 11.9 Å². The van der Waals surface area contributed by atoms with Gasteiger partial charge in [-0.1, -0.05) is 32.0 Å². The molecule has 2 rings (SSSR count). The Morgan fingerprint density at radius 2 is 2.17 bits per heavy atom. The topological polar surface area (TPSA) is 32.3 Å². The van der Waals surface area contributed by atoms with E-state index < -0.39 is 0 Å². The van der Waals surface area contributed by atoms with Crippen LogP contribution < -0.4 is 10.2 Å². The van der Waals surface area contributed by atoms with Crippen LogP contribution in [-0.2, 0) is 4.79 Å². The zero-order valence-electron chi connectivity index (χ0n) is 11.4. The Labute approximate surface area is 109 Å². The van der Waals surface area contributed by atoms with Crippen LogP contribution in [0.1, 0.15) is 38.2 Å². The first-order chi connectivity index (χ1) is 8.69. The summed E-state index contributed by atoms with van der Waals surface area (Å²) in [6.07, 6.45) is 1.98. The number of anilines is 1. The van der Waals surface area contributed by atoms with Crippen LogP contribution in [0.2, 0.25) is 0 Å². The van der Waals surface area contributed by atoms with E-state index in [9.17, 15) is 4.79 Å². The molecule has 0 aromatic heterocycles. The summed E-state index contributed by atoms with van der Waals surface area (Å²) in [5.74, 6) is 0.691. The average molecular weight is 246 g/mol. The summed E-state index contributed by atoms with van der Waals surface area (Å²) in [7, 11) is 1.85. The van der Waals surface area contributed by atoms with Crippen molar-refractivity contribution in [2.24, 2.45) is 0 Å². The third kappa shape index (κ3) is 2.27. The molecule has 18 heavy (non-hydrogen) atoms. The van der Waals surface area contributed by atoms with Gasteiger partial charge in [-0.3, -0.25) is 4.79 Å². The Morgan fingerprint density at radius 1 is 1.44 bits per heavy atom. The number of carbonyl (C=O) groups excluding carboxylic acids is 1. The maximum absolute atomic E-state index is 12.3. The molecule has 1 aromatic carbocycles. The van der Waals surface area contributed by atoms with Crippen LogP contribution in [0, 0.1) is 0 Å². The lowest BCUT2D eigenvalue weighted by Gasteiger charge is -2.23. The molecule has 1 amide bonds. The van der Waals surface area contributed by atoms with Gasteiger partial charge in [-0.05, 0) is 37.4 Å². The minimum Gasteiger partial charge on any atom is -0.311 e. The number of hydrogen-bond donors (Lipinski definition) is 1. The van der Waals surface area contributed by atoms with Crippen LogP contribution in [0.5, 0.6) is 0 Å². The van der Waals surface area contributed by atoms with E-state index in [1.165, 1.54) is 5.56 Å². The van der Waals surface area contributed by atoms with Crippen LogP contribution in [0.25, 0.3) is 0 Å². The number of likely N-dealkylation sites (N-methyl/N-ethyl adjacent to an activating group) is 1. The first kappa shape index (κ1) is 13.1. The maximum Gasteiger partial charge on any atom is 0.244 e. The van der Waals surface area contributed by atoms with E-state index in [2.05, 4.69) is 37.4 Å². The van der Waals surface area contributed by atoms with Gasteiger partial charge in [0.25, 0.3) is 0 Å². The molecule has 1 fully saturated rings. The molecule has 3 heteroatoms. The van der Waals surface area contributed by atoms with E-state index in [0.29, 0.717) is 5.92 Å². The van der Waals surface area contributed by atoms with Crippen LogP contribution in [0.4, 0.5) is 5.69 Å². The van der Waals surface area contributed by atoms with Gasteiger partial charge < -0.3 is 10.2 Å². The largest absolute Gasteiger partial charge is 0.311 e. The molecule has 1 saturated heterocycles. The van der Waals surface area contributed by atoms with Crippen molar-refractivity contribution in [3.8, 4) is 0 Å². The predicted octanol–water partition coefficient (Wildman–Crippen LogP) is 2.52. The number of rotatable bonds is 4. The highest BCUT2D eigenvalue weighted by molar-refractivity contribution is 6.00. The molecule has 1 aliphatic rings. The number of benzene rings is 1. The van der Waals surface area contributed by atoms with Crippen molar-refractivity contribution in [2.75, 3.05) is 18.5 Å². The van der Waals surface area contributed by atoms with Gasteiger partial charge in [0.1, 0.15) is 0 Å². The van der Waals surface area contributed by atoms with Crippen molar-refractivity contribution < 1.29 is 4.79 Å². The molecule has 1 N–H and O–H groups in total. The van der Waals surface area contributed by atoms with Gasteiger partial charge in [0.15, 0.2) is 0 Å². The number of nitrogens with one attached hydrogen (secondary N) is 1. The van der Waals surface area contributed by atoms with Crippen molar-refractivity contribution in [1.82, 2.24) is 5.32 Å². The SMILES string of the molecule is CCC(C)c1ccccc1N1CCC(NC)C1=O. The fourth-order valence-corrected chi connectivity index (χ4v) is 2.56. The summed E-state index contributed by atoms with van der Waals surface area (Å²) >= 11 is 0. The minimum atomic E-state index is -0.0185. The van der Waals surface area contributed by atoms with Crippen LogP contribution in [0.15, 0.2) is 24.3 Å². The molecule has 0 aliphatic carbocycles. The number of para-hydroxylation sites is 1. The Bertz CT molecular complexity index is 430. The first-order valence-corrected chi connectivity index (χ1v) is 6.76. The maximum atomic E-state index is 12.3. The third-order valence-corrected chi connectivity index (χ3v) is 3.92. The zero-order chi connectivity index (χ0) is 13.1. The summed E-state index contributed by atoms with van der Waals surface area (Å²) in [6, 6.07) is 8.26. The van der Waals surface area contributed by atoms with Crippen LogP contribution >= 0.6 is 0 Å². The van der Waals surface area contributed by atoms with E-state index in [4.69, 9.17) is 0 Å². The predicted molar refractivity (Wildman–Crippen MR) is 75.0 cm³/mol. The number of carbonyl (C=O) groups is 1. The standard InChI is InChI=1S/C15H22N2O/c1-4-11(2)12-7-5-6-8-14(12)17-10-9-13(16-3)15(17)18/h5-8,11,13,16H,4,9-10H2,1-3H3. The normalized spacial score (nSPS) is 21.4. The van der Waals surface area contributed by atoms with Crippen LogP contribution in [-0.4, -0.2) is 25.5 Å². The first-order valence-electron chi connectivity index (χ1n) is 6.76. The van der Waals surface area contributed by atoms with Gasteiger partial charge in [0.05, 0.1) is 6.04 Å². The Hall–Kier alpha value is -1.35. The molecule has 0 bridgehead atoms. The van der Waals surface area contributed by atoms with E-state index in [1.807, 2.05) is 18.0 Å². The molecule has 2 unspecified atom stereocenters. The average Bonchev–Trinajstić information content (AvgIpc) is 2.78. The highest BCUT2D eigenvalue weighted by Crippen LogP contribution is 2.31. The van der Waals surface area contributed by atoms with Crippen molar-refractivity contribution in [3.63, 3.8) is 0 Å². The van der Waals surface area contributed by atoms with Crippen molar-refractivity contribution in [1.29, 1.82) is 0 Å². The van der Waals surface area contributed by atoms with Gasteiger partial charge >= 0.3 is 0 Å². The Balaban J connectivity index is 2.31. The highest BCUT2D eigenvalue weighted by Gasteiger charge is 2.32. The molecule has 3 nitrogen and oxygen atoms in total. The van der Waals surface area contributed by atoms with Gasteiger partial charge in [0, 0.05) is 12.2 Å². The van der Waals surface area contributed by atoms with E-state index >= 15 is 0 Å². The molecular weight excluding hydrogens is 224 g/mol. The lowest BCUT2D eigenvalue weighted by molar-refractivity contribution is -0.118. The third-order valence-electron chi connectivity index (χ3n) is 3.92. The Morgan fingerprint density at radius 3 is 2.78 bits per heavy atom. The van der Waals surface area contributed by atoms with Crippen LogP contribution in [0.3, 0.4) is 0 Å². The summed E-state index contributed by atoms with van der Waals surface area (Å²) in [6.45, 7) is 5.22. The monoisotopic (exact) mass is 246 g/mol. The second-order valence-corrected chi connectivity index (χ2v) is 4.99. The number of hydrogen-bond acceptors (Lipinski definition) is 2. The van der Waals surface area contributed by atoms with Crippen molar-refractivity contribution >= 4 is 11.6 Å². The molecule has 0 radical (unpaired) electrons. The molecule has 1 heterocycles. The number of nitrogens with zero attached hydrogens (tertiary/aromatic N) is 1. The molecular formula is C15H22N2O. The lowest BCUT2D eigenvalue weighted by atomic mass is 9.96. The molecule has 0 spiro atoms. The molecule has 2 atom stereocenters. The van der Waals surface area contributed by atoms with Crippen molar-refractivity contribution in [3.05, 3.63) is 29.8 Å². The molecule has 1 aromatic rings. The molecule has 1 aliphatic heterocycles. The molecule has 98 valence electrons. The van der Waals surface area contributed by atoms with Gasteiger partial charge in [-0.15, -0.1) is 0 Å². The zero-order valence-corrected chi connectivity index (χ0v) is 11.4.